The minimum absolute atomic E-state index is 0.272. The predicted molar refractivity (Wildman–Crippen MR) is 93.5 cm³/mol. The van der Waals surface area contributed by atoms with Gasteiger partial charge in [0, 0.05) is 51.4 Å². The molecule has 1 aromatic rings. The van der Waals surface area contributed by atoms with Crippen LogP contribution in [-0.4, -0.2) is 60.6 Å². The van der Waals surface area contributed by atoms with Crippen LogP contribution in [0.25, 0.3) is 0 Å². The Labute approximate surface area is 145 Å². The molecular weight excluding hydrogens is 302 g/mol. The van der Waals surface area contributed by atoms with Gasteiger partial charge in [-0.3, -0.25) is 9.78 Å². The van der Waals surface area contributed by atoms with E-state index in [-0.39, 0.29) is 11.3 Å². The van der Waals surface area contributed by atoms with Gasteiger partial charge in [-0.2, -0.15) is 0 Å². The van der Waals surface area contributed by atoms with E-state index in [1.165, 1.54) is 19.4 Å². The molecule has 2 saturated heterocycles. The van der Waals surface area contributed by atoms with Crippen molar-refractivity contribution < 1.29 is 9.53 Å². The molecule has 24 heavy (non-hydrogen) atoms. The lowest BCUT2D eigenvalue weighted by molar-refractivity contribution is -0.140. The largest absolute Gasteiger partial charge is 0.385 e. The van der Waals surface area contributed by atoms with Gasteiger partial charge in [-0.25, -0.2) is 0 Å². The summed E-state index contributed by atoms with van der Waals surface area (Å²) in [5.74, 6) is 0.280. The fourth-order valence-corrected chi connectivity index (χ4v) is 4.20. The molecule has 3 heterocycles. The third-order valence-electron chi connectivity index (χ3n) is 5.39. The van der Waals surface area contributed by atoms with Gasteiger partial charge >= 0.3 is 0 Å². The fraction of sp³-hybridized carbons (Fsp3) is 0.684. The summed E-state index contributed by atoms with van der Waals surface area (Å²) >= 11 is 0. The maximum Gasteiger partial charge on any atom is 0.222 e. The van der Waals surface area contributed by atoms with Gasteiger partial charge < -0.3 is 14.5 Å². The molecule has 0 saturated carbocycles. The molecule has 2 fully saturated rings. The topological polar surface area (TPSA) is 45.7 Å². The first kappa shape index (κ1) is 17.4. The van der Waals surface area contributed by atoms with Crippen molar-refractivity contribution in [3.8, 4) is 0 Å². The van der Waals surface area contributed by atoms with Crippen molar-refractivity contribution in [1.82, 2.24) is 14.8 Å². The van der Waals surface area contributed by atoms with Gasteiger partial charge in [0.05, 0.1) is 12.2 Å². The summed E-state index contributed by atoms with van der Waals surface area (Å²) in [5, 5.41) is 0. The zero-order chi connectivity index (χ0) is 16.8. The molecule has 132 valence electrons. The van der Waals surface area contributed by atoms with Crippen LogP contribution < -0.4 is 0 Å². The number of likely N-dealkylation sites (tertiary alicyclic amines) is 2. The lowest BCUT2D eigenvalue weighted by atomic mass is 9.73. The van der Waals surface area contributed by atoms with Gasteiger partial charge in [-0.1, -0.05) is 6.07 Å². The van der Waals surface area contributed by atoms with E-state index < -0.39 is 0 Å². The molecule has 1 spiro atoms. The van der Waals surface area contributed by atoms with E-state index in [1.807, 2.05) is 23.1 Å². The number of nitrogens with zero attached hydrogens (tertiary/aromatic N) is 3. The molecule has 1 aromatic heterocycles. The minimum atomic E-state index is 0.272. The number of pyridine rings is 1. The van der Waals surface area contributed by atoms with Crippen molar-refractivity contribution >= 4 is 5.91 Å². The van der Waals surface area contributed by atoms with E-state index in [0.717, 1.165) is 44.8 Å². The van der Waals surface area contributed by atoms with Crippen LogP contribution in [0.15, 0.2) is 24.4 Å². The van der Waals surface area contributed by atoms with Gasteiger partial charge in [0.15, 0.2) is 0 Å². The summed E-state index contributed by atoms with van der Waals surface area (Å²) in [4.78, 5) is 21.4. The highest BCUT2D eigenvalue weighted by Crippen LogP contribution is 2.39. The van der Waals surface area contributed by atoms with Crippen molar-refractivity contribution in [2.45, 2.75) is 38.6 Å². The van der Waals surface area contributed by atoms with E-state index in [1.54, 1.807) is 13.3 Å². The Morgan fingerprint density at radius 3 is 3.00 bits per heavy atom. The highest BCUT2D eigenvalue weighted by Gasteiger charge is 2.41. The van der Waals surface area contributed by atoms with Crippen LogP contribution in [0.5, 0.6) is 0 Å². The van der Waals surface area contributed by atoms with Crippen LogP contribution in [-0.2, 0) is 16.1 Å². The van der Waals surface area contributed by atoms with Crippen molar-refractivity contribution in [1.29, 1.82) is 0 Å². The summed E-state index contributed by atoms with van der Waals surface area (Å²) in [6.07, 6.45) is 7.07. The summed E-state index contributed by atoms with van der Waals surface area (Å²) in [7, 11) is 1.76. The molecule has 5 nitrogen and oxygen atoms in total. The second-order valence-electron chi connectivity index (χ2n) is 7.30. The Bertz CT molecular complexity index is 537. The lowest BCUT2D eigenvalue weighted by Gasteiger charge is -2.48. The first-order valence-electron chi connectivity index (χ1n) is 9.10. The third kappa shape index (κ3) is 4.33. The number of carbonyl (C=O) groups excluding carboxylic acids is 1. The second kappa shape index (κ2) is 8.08. The average molecular weight is 331 g/mol. The number of piperidine rings is 2. The Morgan fingerprint density at radius 1 is 1.29 bits per heavy atom. The van der Waals surface area contributed by atoms with Crippen LogP contribution in [0, 0.1) is 5.41 Å². The number of ether oxygens (including phenoxy) is 1. The van der Waals surface area contributed by atoms with Crippen molar-refractivity contribution in [2.24, 2.45) is 5.41 Å². The van der Waals surface area contributed by atoms with Crippen molar-refractivity contribution in [3.63, 3.8) is 0 Å². The van der Waals surface area contributed by atoms with Crippen LogP contribution in [0.4, 0.5) is 0 Å². The number of amides is 1. The Hall–Kier alpha value is -1.46. The third-order valence-corrected chi connectivity index (χ3v) is 5.39. The maximum absolute atomic E-state index is 12.4. The Balaban J connectivity index is 1.61. The smallest absolute Gasteiger partial charge is 0.222 e. The summed E-state index contributed by atoms with van der Waals surface area (Å²) < 4.78 is 5.18. The molecule has 2 aliphatic rings. The molecular formula is C19H29N3O2. The molecule has 1 amide bonds. The van der Waals surface area contributed by atoms with E-state index in [0.29, 0.717) is 13.0 Å². The Kier molecular flexibility index (Phi) is 5.85. The average Bonchev–Trinajstić information content (AvgIpc) is 2.60. The zero-order valence-corrected chi connectivity index (χ0v) is 14.7. The number of rotatable bonds is 6. The van der Waals surface area contributed by atoms with Crippen LogP contribution >= 0.6 is 0 Å². The van der Waals surface area contributed by atoms with E-state index in [4.69, 9.17) is 4.74 Å². The van der Waals surface area contributed by atoms with Crippen LogP contribution in [0.3, 0.4) is 0 Å². The summed E-state index contributed by atoms with van der Waals surface area (Å²) in [6, 6.07) is 5.92. The standard InChI is InChI=1S/C19H29N3O2/c1-24-13-5-12-21-11-4-8-19(15-21)9-7-18(23)22(16-19)14-17-6-2-3-10-20-17/h2-3,6,10H,4-5,7-9,11-16H2,1H3/t19-/m0/s1. The molecule has 0 bridgehead atoms. The Morgan fingerprint density at radius 2 is 2.21 bits per heavy atom. The SMILES string of the molecule is COCCCN1CCC[C@]2(CCC(=O)N(Cc3ccccn3)C2)C1. The van der Waals surface area contributed by atoms with E-state index >= 15 is 0 Å². The monoisotopic (exact) mass is 331 g/mol. The molecule has 0 N–H and O–H groups in total. The number of methoxy groups -OCH3 is 1. The number of hydrogen-bond donors (Lipinski definition) is 0. The quantitative estimate of drug-likeness (QED) is 0.751. The first-order chi connectivity index (χ1) is 11.7. The predicted octanol–water partition coefficient (Wildman–Crippen LogP) is 2.32. The van der Waals surface area contributed by atoms with Gasteiger partial charge in [-0.05, 0) is 44.4 Å². The number of aromatic nitrogens is 1. The lowest BCUT2D eigenvalue weighted by Crippen LogP contribution is -2.53. The normalized spacial score (nSPS) is 25.4. The zero-order valence-electron chi connectivity index (χ0n) is 14.7. The molecule has 0 aromatic carbocycles. The number of hydrogen-bond acceptors (Lipinski definition) is 4. The van der Waals surface area contributed by atoms with E-state index in [9.17, 15) is 4.79 Å². The van der Waals surface area contributed by atoms with Gasteiger partial charge in [0.2, 0.25) is 5.91 Å². The second-order valence-corrected chi connectivity index (χ2v) is 7.30. The fourth-order valence-electron chi connectivity index (χ4n) is 4.20. The molecule has 0 radical (unpaired) electrons. The van der Waals surface area contributed by atoms with Gasteiger partial charge in [0.25, 0.3) is 0 Å². The molecule has 5 heteroatoms. The van der Waals surface area contributed by atoms with E-state index in [2.05, 4.69) is 9.88 Å². The maximum atomic E-state index is 12.4. The molecule has 1 atom stereocenters. The van der Waals surface area contributed by atoms with Crippen molar-refractivity contribution in [3.05, 3.63) is 30.1 Å². The molecule has 2 aliphatic heterocycles. The highest BCUT2D eigenvalue weighted by atomic mass is 16.5. The minimum Gasteiger partial charge on any atom is -0.385 e. The van der Waals surface area contributed by atoms with Crippen LogP contribution in [0.1, 0.15) is 37.8 Å². The van der Waals surface area contributed by atoms with Crippen molar-refractivity contribution in [2.75, 3.05) is 39.9 Å². The molecule has 0 aliphatic carbocycles. The van der Waals surface area contributed by atoms with Crippen LogP contribution in [0.2, 0.25) is 0 Å². The van der Waals surface area contributed by atoms with Gasteiger partial charge in [-0.15, -0.1) is 0 Å². The van der Waals surface area contributed by atoms with Gasteiger partial charge in [0.1, 0.15) is 0 Å². The molecule has 0 unspecified atom stereocenters. The molecule has 3 rings (SSSR count). The summed E-state index contributed by atoms with van der Waals surface area (Å²) in [5.41, 5.74) is 1.25. The number of carbonyl (C=O) groups is 1. The highest BCUT2D eigenvalue weighted by molar-refractivity contribution is 5.77. The first-order valence-corrected chi connectivity index (χ1v) is 9.10. The summed E-state index contributed by atoms with van der Waals surface area (Å²) in [6.45, 7) is 5.74.